The van der Waals surface area contributed by atoms with Crippen LogP contribution in [0.1, 0.15) is 11.3 Å². The maximum atomic E-state index is 8.33. The van der Waals surface area contributed by atoms with E-state index in [1.54, 1.807) is 4.68 Å². The van der Waals surface area contributed by atoms with Crippen molar-refractivity contribution in [1.29, 1.82) is 0 Å². The Kier molecular flexibility index (Phi) is 2.32. The lowest BCUT2D eigenvalue weighted by Gasteiger charge is -1.94. The van der Waals surface area contributed by atoms with Crippen LogP contribution in [0.15, 0.2) is 11.4 Å². The first-order valence-corrected chi connectivity index (χ1v) is 3.59. The second kappa shape index (κ2) is 3.25. The summed E-state index contributed by atoms with van der Waals surface area (Å²) >= 11 is 0. The summed E-state index contributed by atoms with van der Waals surface area (Å²) < 4.78 is 1.70. The fourth-order valence-electron chi connectivity index (χ4n) is 1.05. The zero-order valence-corrected chi connectivity index (χ0v) is 7.15. The second-order valence-electron chi connectivity index (χ2n) is 2.68. The summed E-state index contributed by atoms with van der Waals surface area (Å²) in [4.78, 5) is 0. The average Bonchev–Trinajstić information content (AvgIpc) is 2.30. The van der Waals surface area contributed by atoms with Crippen LogP contribution in [0.2, 0.25) is 0 Å². The largest absolute Gasteiger partial charge is 0.409 e. The van der Waals surface area contributed by atoms with Crippen LogP contribution in [-0.4, -0.2) is 20.8 Å². The van der Waals surface area contributed by atoms with Crippen molar-refractivity contribution in [3.8, 4) is 0 Å². The predicted molar refractivity (Wildman–Crippen MR) is 45.1 cm³/mol. The molecule has 0 aromatic carbocycles. The van der Waals surface area contributed by atoms with E-state index >= 15 is 0 Å². The minimum atomic E-state index is 0.200. The number of amidine groups is 1. The molecule has 1 aromatic rings. The highest BCUT2D eigenvalue weighted by Gasteiger charge is 2.04. The Morgan fingerprint density at radius 2 is 2.50 bits per heavy atom. The number of aromatic nitrogens is 2. The maximum Gasteiger partial charge on any atom is 0.143 e. The smallest absolute Gasteiger partial charge is 0.143 e. The number of hydrogen-bond donors (Lipinski definition) is 2. The summed E-state index contributed by atoms with van der Waals surface area (Å²) in [5.74, 6) is 0.200. The lowest BCUT2D eigenvalue weighted by atomic mass is 10.2. The number of rotatable bonds is 2. The summed E-state index contributed by atoms with van der Waals surface area (Å²) in [6.45, 7) is 1.89. The number of hydrogen-bond acceptors (Lipinski definition) is 3. The van der Waals surface area contributed by atoms with Crippen LogP contribution in [0.25, 0.3) is 0 Å². The first-order chi connectivity index (χ1) is 5.63. The summed E-state index contributed by atoms with van der Waals surface area (Å²) in [6.07, 6.45) is 2.30. The number of aryl methyl sites for hydroxylation is 2. The third kappa shape index (κ3) is 1.75. The Balaban J connectivity index is 2.82. The van der Waals surface area contributed by atoms with E-state index in [2.05, 4.69) is 10.3 Å². The fraction of sp³-hybridized carbons (Fsp3) is 0.429. The van der Waals surface area contributed by atoms with Crippen LogP contribution in [-0.2, 0) is 13.5 Å². The molecule has 0 bridgehead atoms. The van der Waals surface area contributed by atoms with Crippen LogP contribution in [0.3, 0.4) is 0 Å². The highest BCUT2D eigenvalue weighted by molar-refractivity contribution is 5.82. The molecule has 0 fully saturated rings. The van der Waals surface area contributed by atoms with Crippen molar-refractivity contribution < 1.29 is 5.21 Å². The molecule has 1 aromatic heterocycles. The number of nitrogens with zero attached hydrogens (tertiary/aromatic N) is 3. The van der Waals surface area contributed by atoms with E-state index in [9.17, 15) is 0 Å². The molecule has 0 aliphatic carbocycles. The zero-order chi connectivity index (χ0) is 9.14. The molecule has 5 nitrogen and oxygen atoms in total. The van der Waals surface area contributed by atoms with Gasteiger partial charge >= 0.3 is 0 Å². The SMILES string of the molecule is Cc1nn(C)cc1C/C(N)=N/O. The van der Waals surface area contributed by atoms with E-state index in [0.29, 0.717) is 6.42 Å². The topological polar surface area (TPSA) is 76.4 Å². The van der Waals surface area contributed by atoms with E-state index in [0.717, 1.165) is 11.3 Å². The number of nitrogens with two attached hydrogens (primary N) is 1. The van der Waals surface area contributed by atoms with Crippen molar-refractivity contribution in [2.75, 3.05) is 0 Å². The van der Waals surface area contributed by atoms with Gasteiger partial charge in [0.25, 0.3) is 0 Å². The van der Waals surface area contributed by atoms with Crippen LogP contribution in [0, 0.1) is 6.92 Å². The molecule has 0 aliphatic heterocycles. The second-order valence-corrected chi connectivity index (χ2v) is 2.68. The Labute approximate surface area is 70.5 Å². The van der Waals surface area contributed by atoms with Gasteiger partial charge in [-0.2, -0.15) is 5.10 Å². The minimum Gasteiger partial charge on any atom is -0.409 e. The van der Waals surface area contributed by atoms with Gasteiger partial charge in [-0.1, -0.05) is 5.16 Å². The molecule has 0 unspecified atom stereocenters. The van der Waals surface area contributed by atoms with Gasteiger partial charge in [0.15, 0.2) is 0 Å². The molecule has 66 valence electrons. The average molecular weight is 168 g/mol. The van der Waals surface area contributed by atoms with E-state index in [1.807, 2.05) is 20.2 Å². The Morgan fingerprint density at radius 1 is 1.83 bits per heavy atom. The van der Waals surface area contributed by atoms with E-state index in [4.69, 9.17) is 10.9 Å². The van der Waals surface area contributed by atoms with Crippen molar-refractivity contribution in [2.45, 2.75) is 13.3 Å². The van der Waals surface area contributed by atoms with Gasteiger partial charge in [0, 0.05) is 25.2 Å². The third-order valence-electron chi connectivity index (χ3n) is 1.62. The van der Waals surface area contributed by atoms with Gasteiger partial charge in [0.05, 0.1) is 5.69 Å². The van der Waals surface area contributed by atoms with Gasteiger partial charge in [0.2, 0.25) is 0 Å². The molecule has 0 aliphatic rings. The normalized spacial score (nSPS) is 12.0. The zero-order valence-electron chi connectivity index (χ0n) is 7.15. The summed E-state index contributed by atoms with van der Waals surface area (Å²) in [5.41, 5.74) is 7.23. The molecular weight excluding hydrogens is 156 g/mol. The maximum absolute atomic E-state index is 8.33. The van der Waals surface area contributed by atoms with Gasteiger partial charge in [-0.15, -0.1) is 0 Å². The molecule has 0 atom stereocenters. The van der Waals surface area contributed by atoms with Crippen LogP contribution >= 0.6 is 0 Å². The molecule has 12 heavy (non-hydrogen) atoms. The fourth-order valence-corrected chi connectivity index (χ4v) is 1.05. The molecule has 0 radical (unpaired) electrons. The first kappa shape index (κ1) is 8.58. The monoisotopic (exact) mass is 168 g/mol. The van der Waals surface area contributed by atoms with Gasteiger partial charge in [-0.05, 0) is 6.92 Å². The Bertz CT molecular complexity index is 302. The molecule has 0 saturated heterocycles. The van der Waals surface area contributed by atoms with Crippen LogP contribution in [0.5, 0.6) is 0 Å². The summed E-state index contributed by atoms with van der Waals surface area (Å²) in [7, 11) is 1.84. The Morgan fingerprint density at radius 3 is 2.92 bits per heavy atom. The molecular formula is C7H12N4O. The van der Waals surface area contributed by atoms with E-state index in [-0.39, 0.29) is 5.84 Å². The molecule has 3 N–H and O–H groups in total. The molecule has 5 heteroatoms. The standard InChI is InChI=1S/C7H12N4O/c1-5-6(3-7(8)10-12)4-11(2)9-5/h4,12H,3H2,1-2H3,(H2,8,10). The van der Waals surface area contributed by atoms with Crippen molar-refractivity contribution in [3.05, 3.63) is 17.5 Å². The predicted octanol–water partition coefficient (Wildman–Crippen LogP) is 0.0174. The van der Waals surface area contributed by atoms with Crippen LogP contribution in [0.4, 0.5) is 0 Å². The van der Waals surface area contributed by atoms with E-state index < -0.39 is 0 Å². The lowest BCUT2D eigenvalue weighted by molar-refractivity contribution is 0.317. The van der Waals surface area contributed by atoms with Crippen molar-refractivity contribution in [1.82, 2.24) is 9.78 Å². The van der Waals surface area contributed by atoms with Gasteiger partial charge < -0.3 is 10.9 Å². The Hall–Kier alpha value is -1.52. The highest BCUT2D eigenvalue weighted by atomic mass is 16.4. The molecule has 1 heterocycles. The lowest BCUT2D eigenvalue weighted by Crippen LogP contribution is -2.14. The van der Waals surface area contributed by atoms with Crippen molar-refractivity contribution in [3.63, 3.8) is 0 Å². The van der Waals surface area contributed by atoms with Gasteiger partial charge in [-0.3, -0.25) is 4.68 Å². The number of oxime groups is 1. The molecule has 0 spiro atoms. The minimum absolute atomic E-state index is 0.200. The highest BCUT2D eigenvalue weighted by Crippen LogP contribution is 2.04. The molecule has 0 saturated carbocycles. The van der Waals surface area contributed by atoms with Crippen LogP contribution < -0.4 is 5.73 Å². The summed E-state index contributed by atoms with van der Waals surface area (Å²) in [5, 5.41) is 15.3. The first-order valence-electron chi connectivity index (χ1n) is 3.59. The van der Waals surface area contributed by atoms with Crippen molar-refractivity contribution in [2.24, 2.45) is 17.9 Å². The van der Waals surface area contributed by atoms with Gasteiger partial charge in [0.1, 0.15) is 5.84 Å². The molecule has 0 amide bonds. The van der Waals surface area contributed by atoms with E-state index in [1.165, 1.54) is 0 Å². The molecule has 1 rings (SSSR count). The van der Waals surface area contributed by atoms with Crippen molar-refractivity contribution >= 4 is 5.84 Å². The quantitative estimate of drug-likeness (QED) is 0.283. The van der Waals surface area contributed by atoms with Gasteiger partial charge in [-0.25, -0.2) is 0 Å². The third-order valence-corrected chi connectivity index (χ3v) is 1.62. The summed E-state index contributed by atoms with van der Waals surface area (Å²) in [6, 6.07) is 0.